The van der Waals surface area contributed by atoms with Crippen molar-refractivity contribution in [3.8, 4) is 0 Å². The molecule has 0 saturated heterocycles. The standard InChI is InChI=1S/C15H24O4/c1-6-13(12(3)10-15(17)19-5)8-7-11(2)9-14(16)18-4/h7,10,13H,6,8-9H2,1-5H3/t13-/m0/s1. The summed E-state index contributed by atoms with van der Waals surface area (Å²) in [6, 6.07) is 0. The number of hydrogen-bond donors (Lipinski definition) is 0. The molecule has 0 aliphatic heterocycles. The highest BCUT2D eigenvalue weighted by Gasteiger charge is 2.10. The quantitative estimate of drug-likeness (QED) is 0.404. The lowest BCUT2D eigenvalue weighted by Gasteiger charge is -2.13. The van der Waals surface area contributed by atoms with E-state index in [2.05, 4.69) is 16.4 Å². The Morgan fingerprint density at radius 1 is 1.16 bits per heavy atom. The van der Waals surface area contributed by atoms with E-state index in [1.54, 1.807) is 0 Å². The Kier molecular flexibility index (Phi) is 8.58. The van der Waals surface area contributed by atoms with E-state index < -0.39 is 0 Å². The maximum atomic E-state index is 11.2. The first-order valence-electron chi connectivity index (χ1n) is 6.43. The predicted octanol–water partition coefficient (Wildman–Crippen LogP) is 3.03. The van der Waals surface area contributed by atoms with Crippen molar-refractivity contribution in [3.05, 3.63) is 23.3 Å². The SMILES string of the molecule is CC[C@@H](CC=C(C)CC(=O)OC)C(C)=CC(=O)OC. The van der Waals surface area contributed by atoms with Crippen molar-refractivity contribution in [3.63, 3.8) is 0 Å². The van der Waals surface area contributed by atoms with Gasteiger partial charge < -0.3 is 9.47 Å². The van der Waals surface area contributed by atoms with Gasteiger partial charge in [0.2, 0.25) is 0 Å². The van der Waals surface area contributed by atoms with Crippen LogP contribution in [0.25, 0.3) is 0 Å². The van der Waals surface area contributed by atoms with Crippen LogP contribution in [0.5, 0.6) is 0 Å². The molecule has 0 rings (SSSR count). The second kappa shape index (κ2) is 9.36. The number of ether oxygens (including phenoxy) is 2. The van der Waals surface area contributed by atoms with Crippen LogP contribution in [-0.4, -0.2) is 26.2 Å². The lowest BCUT2D eigenvalue weighted by Crippen LogP contribution is -2.05. The second-order valence-electron chi connectivity index (χ2n) is 4.56. The molecule has 0 radical (unpaired) electrons. The summed E-state index contributed by atoms with van der Waals surface area (Å²) in [6.07, 6.45) is 5.60. The molecular weight excluding hydrogens is 244 g/mol. The first-order chi connectivity index (χ1) is 8.94. The third-order valence-electron chi connectivity index (χ3n) is 3.09. The molecule has 19 heavy (non-hydrogen) atoms. The molecule has 0 heterocycles. The topological polar surface area (TPSA) is 52.6 Å². The number of carbonyl (C=O) groups is 2. The highest BCUT2D eigenvalue weighted by atomic mass is 16.5. The summed E-state index contributed by atoms with van der Waals surface area (Å²) in [7, 11) is 2.75. The molecule has 0 N–H and O–H groups in total. The van der Waals surface area contributed by atoms with Gasteiger partial charge in [0.1, 0.15) is 0 Å². The summed E-state index contributed by atoms with van der Waals surface area (Å²) in [4.78, 5) is 22.3. The minimum Gasteiger partial charge on any atom is -0.469 e. The van der Waals surface area contributed by atoms with Gasteiger partial charge in [-0.25, -0.2) is 4.79 Å². The van der Waals surface area contributed by atoms with Crippen LogP contribution in [0.4, 0.5) is 0 Å². The van der Waals surface area contributed by atoms with Crippen LogP contribution in [-0.2, 0) is 19.1 Å². The molecular formula is C15H24O4. The lowest BCUT2D eigenvalue weighted by molar-refractivity contribution is -0.139. The summed E-state index contributed by atoms with van der Waals surface area (Å²) in [6.45, 7) is 5.90. The highest BCUT2D eigenvalue weighted by Crippen LogP contribution is 2.20. The Balaban J connectivity index is 4.56. The lowest BCUT2D eigenvalue weighted by atomic mass is 9.92. The molecule has 0 aliphatic carbocycles. The van der Waals surface area contributed by atoms with Crippen molar-refractivity contribution in [2.45, 2.75) is 40.0 Å². The van der Waals surface area contributed by atoms with E-state index in [9.17, 15) is 9.59 Å². The van der Waals surface area contributed by atoms with Gasteiger partial charge in [-0.1, -0.05) is 24.1 Å². The fourth-order valence-corrected chi connectivity index (χ4v) is 1.75. The fraction of sp³-hybridized carbons (Fsp3) is 0.600. The first-order valence-corrected chi connectivity index (χ1v) is 6.43. The fourth-order valence-electron chi connectivity index (χ4n) is 1.75. The van der Waals surface area contributed by atoms with Crippen LogP contribution in [0.2, 0.25) is 0 Å². The molecule has 0 aromatic heterocycles. The molecule has 0 amide bonds. The van der Waals surface area contributed by atoms with Gasteiger partial charge >= 0.3 is 11.9 Å². The van der Waals surface area contributed by atoms with Gasteiger partial charge in [-0.05, 0) is 32.6 Å². The van der Waals surface area contributed by atoms with E-state index in [4.69, 9.17) is 0 Å². The highest BCUT2D eigenvalue weighted by molar-refractivity contribution is 5.82. The van der Waals surface area contributed by atoms with E-state index in [0.29, 0.717) is 6.42 Å². The summed E-state index contributed by atoms with van der Waals surface area (Å²) >= 11 is 0. The molecule has 4 nitrogen and oxygen atoms in total. The van der Waals surface area contributed by atoms with E-state index in [1.807, 2.05) is 19.9 Å². The molecule has 0 bridgehead atoms. The Hall–Kier alpha value is -1.58. The zero-order chi connectivity index (χ0) is 14.8. The maximum absolute atomic E-state index is 11.2. The Labute approximate surface area is 115 Å². The molecule has 0 aromatic rings. The minimum atomic E-state index is -0.328. The monoisotopic (exact) mass is 268 g/mol. The normalized spacial score (nSPS) is 13.9. The van der Waals surface area contributed by atoms with Gasteiger partial charge in [-0.3, -0.25) is 4.79 Å². The van der Waals surface area contributed by atoms with Crippen LogP contribution in [0.1, 0.15) is 40.0 Å². The van der Waals surface area contributed by atoms with Gasteiger partial charge in [0, 0.05) is 6.08 Å². The van der Waals surface area contributed by atoms with Gasteiger partial charge in [-0.2, -0.15) is 0 Å². The second-order valence-corrected chi connectivity index (χ2v) is 4.56. The van der Waals surface area contributed by atoms with Crippen LogP contribution in [0.15, 0.2) is 23.3 Å². The number of rotatable bonds is 7. The third kappa shape index (κ3) is 7.44. The summed E-state index contributed by atoms with van der Waals surface area (Å²) in [5.74, 6) is -0.276. The summed E-state index contributed by atoms with van der Waals surface area (Å²) in [5, 5.41) is 0. The zero-order valence-corrected chi connectivity index (χ0v) is 12.5. The molecule has 0 unspecified atom stereocenters. The van der Waals surface area contributed by atoms with Crippen LogP contribution in [0, 0.1) is 5.92 Å². The van der Waals surface area contributed by atoms with Crippen LogP contribution >= 0.6 is 0 Å². The number of allylic oxidation sites excluding steroid dienone is 2. The van der Waals surface area contributed by atoms with Crippen molar-refractivity contribution in [1.82, 2.24) is 0 Å². The maximum Gasteiger partial charge on any atom is 0.330 e. The largest absolute Gasteiger partial charge is 0.469 e. The summed E-state index contributed by atoms with van der Waals surface area (Å²) < 4.78 is 9.23. The Morgan fingerprint density at radius 2 is 1.79 bits per heavy atom. The average Bonchev–Trinajstić information content (AvgIpc) is 2.38. The van der Waals surface area contributed by atoms with E-state index in [-0.39, 0.29) is 17.9 Å². The number of methoxy groups -OCH3 is 2. The minimum absolute atomic E-state index is 0.233. The number of esters is 2. The molecule has 0 aliphatic rings. The van der Waals surface area contributed by atoms with Gasteiger partial charge in [0.25, 0.3) is 0 Å². The smallest absolute Gasteiger partial charge is 0.330 e. The predicted molar refractivity (Wildman–Crippen MR) is 74.6 cm³/mol. The Bertz CT molecular complexity index is 366. The van der Waals surface area contributed by atoms with E-state index in [0.717, 1.165) is 24.0 Å². The van der Waals surface area contributed by atoms with Crippen molar-refractivity contribution in [1.29, 1.82) is 0 Å². The van der Waals surface area contributed by atoms with Gasteiger partial charge in [0.15, 0.2) is 0 Å². The van der Waals surface area contributed by atoms with Crippen molar-refractivity contribution >= 4 is 11.9 Å². The van der Waals surface area contributed by atoms with Gasteiger partial charge in [0.05, 0.1) is 20.6 Å². The Morgan fingerprint density at radius 3 is 2.26 bits per heavy atom. The number of carbonyl (C=O) groups excluding carboxylic acids is 2. The van der Waals surface area contributed by atoms with Crippen molar-refractivity contribution < 1.29 is 19.1 Å². The summed E-state index contributed by atoms with van der Waals surface area (Å²) in [5.41, 5.74) is 1.98. The molecule has 4 heteroatoms. The molecule has 1 atom stereocenters. The molecule has 108 valence electrons. The molecule has 0 saturated carbocycles. The van der Waals surface area contributed by atoms with Gasteiger partial charge in [-0.15, -0.1) is 0 Å². The molecule has 0 fully saturated rings. The number of hydrogen-bond acceptors (Lipinski definition) is 4. The van der Waals surface area contributed by atoms with Crippen molar-refractivity contribution in [2.24, 2.45) is 5.92 Å². The zero-order valence-electron chi connectivity index (χ0n) is 12.5. The van der Waals surface area contributed by atoms with E-state index in [1.165, 1.54) is 20.3 Å². The first kappa shape index (κ1) is 17.4. The van der Waals surface area contributed by atoms with Crippen LogP contribution < -0.4 is 0 Å². The third-order valence-corrected chi connectivity index (χ3v) is 3.09. The van der Waals surface area contributed by atoms with Crippen LogP contribution in [0.3, 0.4) is 0 Å². The average molecular weight is 268 g/mol. The van der Waals surface area contributed by atoms with Crippen molar-refractivity contribution in [2.75, 3.05) is 14.2 Å². The van der Waals surface area contributed by atoms with E-state index >= 15 is 0 Å². The molecule has 0 spiro atoms. The molecule has 0 aromatic carbocycles.